The van der Waals surface area contributed by atoms with Gasteiger partial charge in [-0.25, -0.2) is 4.98 Å². The Morgan fingerprint density at radius 3 is 2.48 bits per heavy atom. The van der Waals surface area contributed by atoms with Gasteiger partial charge in [0.1, 0.15) is 11.6 Å². The zero-order valence-electron chi connectivity index (χ0n) is 13.1. The summed E-state index contributed by atoms with van der Waals surface area (Å²) >= 11 is 5.98. The maximum atomic E-state index is 13.1. The molecule has 1 saturated carbocycles. The zero-order valence-corrected chi connectivity index (χ0v) is 13.8. The van der Waals surface area contributed by atoms with Gasteiger partial charge in [0.05, 0.1) is 10.7 Å². The van der Waals surface area contributed by atoms with Crippen LogP contribution in [-0.2, 0) is 6.18 Å². The van der Waals surface area contributed by atoms with Gasteiger partial charge in [-0.1, -0.05) is 24.4 Å². The molecule has 0 saturated heterocycles. The Labute approximate surface area is 147 Å². The number of hydrogen-bond acceptors (Lipinski definition) is 5. The number of anilines is 3. The van der Waals surface area contributed by atoms with Gasteiger partial charge in [0.25, 0.3) is 0 Å². The van der Waals surface area contributed by atoms with Crippen molar-refractivity contribution in [1.82, 2.24) is 9.97 Å². The average Bonchev–Trinajstić information content (AvgIpc) is 3.02. The molecule has 1 fully saturated rings. The van der Waals surface area contributed by atoms with Gasteiger partial charge in [-0.05, 0) is 25.0 Å². The summed E-state index contributed by atoms with van der Waals surface area (Å²) < 4.78 is 39.4. The highest BCUT2D eigenvalue weighted by atomic mass is 35.5. The average molecular weight is 373 g/mol. The topological polar surface area (TPSA) is 70.1 Å². The first kappa shape index (κ1) is 17.6. The van der Waals surface area contributed by atoms with Crippen LogP contribution in [0.25, 0.3) is 0 Å². The van der Waals surface area contributed by atoms with E-state index in [4.69, 9.17) is 11.6 Å². The van der Waals surface area contributed by atoms with Crippen LogP contribution in [0.3, 0.4) is 0 Å². The predicted molar refractivity (Wildman–Crippen MR) is 89.3 cm³/mol. The molecular formula is C16H16ClF3N4O. The molecule has 0 radical (unpaired) electrons. The number of phenolic OH excluding ortho intramolecular Hbond substituents is 1. The van der Waals surface area contributed by atoms with E-state index in [1.807, 2.05) is 0 Å². The van der Waals surface area contributed by atoms with Crippen LogP contribution in [0.1, 0.15) is 31.4 Å². The molecule has 134 valence electrons. The lowest BCUT2D eigenvalue weighted by atomic mass is 10.2. The lowest BCUT2D eigenvalue weighted by Gasteiger charge is -2.16. The summed E-state index contributed by atoms with van der Waals surface area (Å²) in [6.45, 7) is 0. The SMILES string of the molecule is Oc1ccc(Nc2cc(C(F)(F)F)nc(NC3CCCC3)n2)c(Cl)c1. The number of halogens is 4. The molecule has 9 heteroatoms. The largest absolute Gasteiger partial charge is 0.508 e. The predicted octanol–water partition coefficient (Wildman–Crippen LogP) is 4.95. The lowest BCUT2D eigenvalue weighted by molar-refractivity contribution is -0.141. The molecule has 1 aliphatic carbocycles. The first-order valence-corrected chi connectivity index (χ1v) is 8.17. The Kier molecular flexibility index (Phi) is 4.89. The van der Waals surface area contributed by atoms with E-state index in [0.717, 1.165) is 31.7 Å². The van der Waals surface area contributed by atoms with Gasteiger partial charge in [-0.2, -0.15) is 18.2 Å². The van der Waals surface area contributed by atoms with E-state index in [-0.39, 0.29) is 28.6 Å². The number of alkyl halides is 3. The number of aromatic nitrogens is 2. The van der Waals surface area contributed by atoms with Gasteiger partial charge in [0.15, 0.2) is 5.69 Å². The molecular weight excluding hydrogens is 357 g/mol. The molecule has 1 heterocycles. The fourth-order valence-electron chi connectivity index (χ4n) is 2.72. The Morgan fingerprint density at radius 2 is 1.84 bits per heavy atom. The molecule has 5 nitrogen and oxygen atoms in total. The summed E-state index contributed by atoms with van der Waals surface area (Å²) in [7, 11) is 0. The monoisotopic (exact) mass is 372 g/mol. The fraction of sp³-hybridized carbons (Fsp3) is 0.375. The van der Waals surface area contributed by atoms with Crippen molar-refractivity contribution in [2.75, 3.05) is 10.6 Å². The number of rotatable bonds is 4. The van der Waals surface area contributed by atoms with Gasteiger partial charge in [-0.3, -0.25) is 0 Å². The second-order valence-electron chi connectivity index (χ2n) is 5.87. The van der Waals surface area contributed by atoms with Crippen molar-refractivity contribution < 1.29 is 18.3 Å². The van der Waals surface area contributed by atoms with E-state index >= 15 is 0 Å². The van der Waals surface area contributed by atoms with E-state index in [9.17, 15) is 18.3 Å². The van der Waals surface area contributed by atoms with E-state index in [1.54, 1.807) is 0 Å². The molecule has 25 heavy (non-hydrogen) atoms. The quantitative estimate of drug-likeness (QED) is 0.662. The lowest BCUT2D eigenvalue weighted by Crippen LogP contribution is -2.19. The standard InChI is InChI=1S/C16H16ClF3N4O/c17-11-7-10(25)5-6-12(11)22-14-8-13(16(18,19)20)23-15(24-14)21-9-3-1-2-4-9/h5-9,25H,1-4H2,(H2,21,22,23,24). The van der Waals surface area contributed by atoms with Crippen LogP contribution in [0.15, 0.2) is 24.3 Å². The van der Waals surface area contributed by atoms with E-state index in [2.05, 4.69) is 20.6 Å². The second-order valence-corrected chi connectivity index (χ2v) is 6.28. The van der Waals surface area contributed by atoms with Crippen molar-refractivity contribution in [1.29, 1.82) is 0 Å². The Hall–Kier alpha value is -2.22. The molecule has 3 rings (SSSR count). The molecule has 1 aromatic carbocycles. The molecule has 2 aromatic rings. The molecule has 0 aliphatic heterocycles. The Morgan fingerprint density at radius 1 is 1.12 bits per heavy atom. The van der Waals surface area contributed by atoms with Crippen molar-refractivity contribution in [3.63, 3.8) is 0 Å². The highest BCUT2D eigenvalue weighted by Gasteiger charge is 2.34. The third-order valence-corrected chi connectivity index (χ3v) is 4.23. The molecule has 0 spiro atoms. The van der Waals surface area contributed by atoms with E-state index < -0.39 is 11.9 Å². The second kappa shape index (κ2) is 6.95. The van der Waals surface area contributed by atoms with E-state index in [0.29, 0.717) is 5.69 Å². The minimum atomic E-state index is -4.59. The van der Waals surface area contributed by atoms with Gasteiger partial charge in [0.2, 0.25) is 5.95 Å². The van der Waals surface area contributed by atoms with Crippen molar-refractivity contribution in [2.24, 2.45) is 0 Å². The Bertz CT molecular complexity index is 764. The molecule has 0 amide bonds. The first-order valence-electron chi connectivity index (χ1n) is 7.79. The van der Waals surface area contributed by atoms with Crippen molar-refractivity contribution in [3.8, 4) is 5.75 Å². The minimum absolute atomic E-state index is 0.0320. The number of aromatic hydroxyl groups is 1. The smallest absolute Gasteiger partial charge is 0.433 e. The molecule has 1 aliphatic rings. The van der Waals surface area contributed by atoms with Gasteiger partial charge >= 0.3 is 6.18 Å². The normalized spacial score (nSPS) is 15.4. The number of nitrogens with zero attached hydrogens (tertiary/aromatic N) is 2. The van der Waals surface area contributed by atoms with Crippen molar-refractivity contribution >= 4 is 29.1 Å². The van der Waals surface area contributed by atoms with Gasteiger partial charge in [0, 0.05) is 18.2 Å². The summed E-state index contributed by atoms with van der Waals surface area (Å²) in [6.07, 6.45) is -0.766. The maximum absolute atomic E-state index is 13.1. The van der Waals surface area contributed by atoms with Crippen LogP contribution < -0.4 is 10.6 Å². The minimum Gasteiger partial charge on any atom is -0.508 e. The third kappa shape index (κ3) is 4.45. The van der Waals surface area contributed by atoms with Gasteiger partial charge < -0.3 is 15.7 Å². The maximum Gasteiger partial charge on any atom is 0.433 e. The molecule has 0 bridgehead atoms. The molecule has 3 N–H and O–H groups in total. The van der Waals surface area contributed by atoms with Crippen LogP contribution in [0.4, 0.5) is 30.6 Å². The number of hydrogen-bond donors (Lipinski definition) is 3. The third-order valence-electron chi connectivity index (χ3n) is 3.92. The molecule has 0 unspecified atom stereocenters. The summed E-state index contributed by atoms with van der Waals surface area (Å²) in [4.78, 5) is 7.70. The zero-order chi connectivity index (χ0) is 18.0. The number of phenols is 1. The van der Waals surface area contributed by atoms with Crippen LogP contribution in [-0.4, -0.2) is 21.1 Å². The van der Waals surface area contributed by atoms with Gasteiger partial charge in [-0.15, -0.1) is 0 Å². The first-order chi connectivity index (χ1) is 11.8. The highest BCUT2D eigenvalue weighted by molar-refractivity contribution is 6.33. The van der Waals surface area contributed by atoms with Crippen molar-refractivity contribution in [2.45, 2.75) is 37.9 Å². The molecule has 0 atom stereocenters. The summed E-state index contributed by atoms with van der Waals surface area (Å²) in [5.74, 6) is -0.146. The number of benzene rings is 1. The summed E-state index contributed by atoms with van der Waals surface area (Å²) in [6, 6.07) is 5.01. The fourth-order valence-corrected chi connectivity index (χ4v) is 2.94. The van der Waals surface area contributed by atoms with Crippen LogP contribution in [0.5, 0.6) is 5.75 Å². The van der Waals surface area contributed by atoms with Crippen LogP contribution in [0.2, 0.25) is 5.02 Å². The van der Waals surface area contributed by atoms with Crippen molar-refractivity contribution in [3.05, 3.63) is 35.0 Å². The Balaban J connectivity index is 1.90. The van der Waals surface area contributed by atoms with Crippen LogP contribution in [0, 0.1) is 0 Å². The van der Waals surface area contributed by atoms with Crippen LogP contribution >= 0.6 is 11.6 Å². The van der Waals surface area contributed by atoms with E-state index in [1.165, 1.54) is 18.2 Å². The molecule has 1 aromatic heterocycles. The number of nitrogens with one attached hydrogen (secondary N) is 2. The summed E-state index contributed by atoms with van der Waals surface area (Å²) in [5.41, 5.74) is -0.710. The summed E-state index contributed by atoms with van der Waals surface area (Å²) in [5, 5.41) is 15.2. The highest BCUT2D eigenvalue weighted by Crippen LogP contribution is 2.33.